The number of hydrogen-bond donors (Lipinski definition) is 2. The predicted octanol–water partition coefficient (Wildman–Crippen LogP) is 4.35. The molecule has 35 heavy (non-hydrogen) atoms. The Morgan fingerprint density at radius 1 is 1.11 bits per heavy atom. The van der Waals surface area contributed by atoms with Crippen molar-refractivity contribution in [1.29, 1.82) is 0 Å². The fraction of sp³-hybridized carbons (Fsp3) is 0.667. The normalized spacial score (nSPS) is 20.7. The van der Waals surface area contributed by atoms with Gasteiger partial charge in [0.2, 0.25) is 11.8 Å². The molecular weight excluding hydrogens is 464 g/mol. The molecule has 1 saturated heterocycles. The number of nitrogens with one attached hydrogen (secondary N) is 1. The van der Waals surface area contributed by atoms with Crippen LogP contribution in [0.2, 0.25) is 0 Å². The molecule has 0 aromatic carbocycles. The number of nitrogens with zero attached hydrogens (tertiary/aromatic N) is 1. The van der Waals surface area contributed by atoms with E-state index in [0.29, 0.717) is 25.3 Å². The second-order valence-corrected chi connectivity index (χ2v) is 9.62. The maximum absolute atomic E-state index is 13.6. The summed E-state index contributed by atoms with van der Waals surface area (Å²) in [5.74, 6) is 0.751. The van der Waals surface area contributed by atoms with Gasteiger partial charge in [-0.25, -0.2) is 4.79 Å². The van der Waals surface area contributed by atoms with Crippen LogP contribution in [0.3, 0.4) is 0 Å². The second-order valence-electron chi connectivity index (χ2n) is 9.17. The van der Waals surface area contributed by atoms with Crippen LogP contribution in [0.5, 0.6) is 0 Å². The Balaban J connectivity index is 2.17. The summed E-state index contributed by atoms with van der Waals surface area (Å²) >= 11 is 4.21. The van der Waals surface area contributed by atoms with Gasteiger partial charge in [0, 0.05) is 6.54 Å². The minimum absolute atomic E-state index is 0.0731. The van der Waals surface area contributed by atoms with Crippen LogP contribution in [0, 0.1) is 5.92 Å². The smallest absolute Gasteiger partial charge is 0.328 e. The topological polar surface area (TPSA) is 84.9 Å². The molecule has 2 amide bonds. The van der Waals surface area contributed by atoms with Gasteiger partial charge in [0.1, 0.15) is 17.8 Å². The lowest BCUT2D eigenvalue weighted by Gasteiger charge is -2.34. The first-order chi connectivity index (χ1) is 16.9. The van der Waals surface area contributed by atoms with E-state index in [4.69, 9.17) is 9.47 Å². The summed E-state index contributed by atoms with van der Waals surface area (Å²) in [4.78, 5) is 40.7. The lowest BCUT2D eigenvalue weighted by molar-refractivity contribution is -0.152. The highest BCUT2D eigenvalue weighted by Gasteiger charge is 2.41. The van der Waals surface area contributed by atoms with E-state index in [0.717, 1.165) is 56.3 Å². The number of ether oxygens (including phenoxy) is 2. The molecule has 0 aromatic heterocycles. The highest BCUT2D eigenvalue weighted by Crippen LogP contribution is 2.29. The number of likely N-dealkylation sites (tertiary alicyclic amines) is 1. The summed E-state index contributed by atoms with van der Waals surface area (Å²) in [6.45, 7) is 4.86. The van der Waals surface area contributed by atoms with Gasteiger partial charge in [0.15, 0.2) is 0 Å². The van der Waals surface area contributed by atoms with Gasteiger partial charge in [-0.05, 0) is 75.3 Å². The highest BCUT2D eigenvalue weighted by atomic mass is 32.1. The predicted molar refractivity (Wildman–Crippen MR) is 141 cm³/mol. The van der Waals surface area contributed by atoms with Crippen LogP contribution in [-0.4, -0.2) is 60.8 Å². The summed E-state index contributed by atoms with van der Waals surface area (Å²) < 4.78 is 10.7. The molecule has 1 N–H and O–H groups in total. The standard InChI is InChI=1S/C27H42N2O5S/c1-4-11-20(18-22(5-2)34-16-10-17-35)19-24(30)28-25(21-12-7-6-8-13-21)26(31)29-15-9-14-23(29)27(32)33-3/h4-5,11,18,21,23,25,35H,6-10,12-17,19H2,1-3H3,(H,28,30)/b11-4-,20-18+,22-5+. The number of carbonyl (C=O) groups is 3. The van der Waals surface area contributed by atoms with Crippen LogP contribution in [0.25, 0.3) is 0 Å². The molecule has 0 bridgehead atoms. The van der Waals surface area contributed by atoms with E-state index in [1.165, 1.54) is 7.11 Å². The average molecular weight is 507 g/mol. The van der Waals surface area contributed by atoms with Crippen LogP contribution in [0.1, 0.15) is 71.6 Å². The minimum Gasteiger partial charge on any atom is -0.494 e. The monoisotopic (exact) mass is 506 g/mol. The van der Waals surface area contributed by atoms with Crippen LogP contribution in [0.15, 0.2) is 35.6 Å². The number of methoxy groups -OCH3 is 1. The molecule has 2 aliphatic rings. The number of esters is 1. The zero-order chi connectivity index (χ0) is 25.6. The van der Waals surface area contributed by atoms with Crippen molar-refractivity contribution in [3.05, 3.63) is 35.6 Å². The van der Waals surface area contributed by atoms with Gasteiger partial charge in [-0.1, -0.05) is 31.4 Å². The van der Waals surface area contributed by atoms with E-state index in [1.807, 2.05) is 38.2 Å². The van der Waals surface area contributed by atoms with Crippen LogP contribution in [-0.2, 0) is 23.9 Å². The van der Waals surface area contributed by atoms with E-state index >= 15 is 0 Å². The van der Waals surface area contributed by atoms with E-state index in [1.54, 1.807) is 4.90 Å². The van der Waals surface area contributed by atoms with Crippen molar-refractivity contribution >= 4 is 30.4 Å². The maximum atomic E-state index is 13.6. The minimum atomic E-state index is -0.632. The molecule has 196 valence electrons. The Morgan fingerprint density at radius 2 is 1.86 bits per heavy atom. The van der Waals surface area contributed by atoms with Crippen LogP contribution < -0.4 is 5.32 Å². The quantitative estimate of drug-likeness (QED) is 0.135. The van der Waals surface area contributed by atoms with Crippen molar-refractivity contribution in [1.82, 2.24) is 10.2 Å². The number of carbonyl (C=O) groups excluding carboxylic acids is 3. The third kappa shape index (κ3) is 9.06. The fourth-order valence-corrected chi connectivity index (χ4v) is 5.00. The molecule has 1 saturated carbocycles. The molecular formula is C27H42N2O5S. The molecule has 2 unspecified atom stereocenters. The number of thiol groups is 1. The molecule has 1 aliphatic heterocycles. The third-order valence-electron chi connectivity index (χ3n) is 6.64. The summed E-state index contributed by atoms with van der Waals surface area (Å²) in [5, 5.41) is 3.05. The molecule has 7 nitrogen and oxygen atoms in total. The largest absolute Gasteiger partial charge is 0.494 e. The molecule has 0 aromatic rings. The second kappa shape index (κ2) is 15.7. The molecule has 0 spiro atoms. The van der Waals surface area contributed by atoms with Crippen molar-refractivity contribution in [3.63, 3.8) is 0 Å². The average Bonchev–Trinajstić information content (AvgIpc) is 3.36. The Hall–Kier alpha value is -2.22. The zero-order valence-electron chi connectivity index (χ0n) is 21.5. The van der Waals surface area contributed by atoms with Crippen molar-refractivity contribution in [3.8, 4) is 0 Å². The van der Waals surface area contributed by atoms with Crippen molar-refractivity contribution in [2.75, 3.05) is 26.0 Å². The fourth-order valence-electron chi connectivity index (χ4n) is 4.87. The van der Waals surface area contributed by atoms with Crippen molar-refractivity contribution < 1.29 is 23.9 Å². The molecule has 8 heteroatoms. The van der Waals surface area contributed by atoms with Crippen LogP contribution in [0.4, 0.5) is 0 Å². The van der Waals surface area contributed by atoms with E-state index in [-0.39, 0.29) is 30.1 Å². The molecule has 2 atom stereocenters. The van der Waals surface area contributed by atoms with Gasteiger partial charge in [-0.2, -0.15) is 12.6 Å². The van der Waals surface area contributed by atoms with Gasteiger partial charge in [0.25, 0.3) is 0 Å². The Kier molecular flexibility index (Phi) is 13.0. The SMILES string of the molecule is C\C=C/C(=C\C(=C/C)OCCCS)CC(=O)NC(C(=O)N1CCCC1C(=O)OC)C1CCCCC1. The number of rotatable bonds is 12. The number of amides is 2. The van der Waals surface area contributed by atoms with Crippen molar-refractivity contribution in [2.24, 2.45) is 5.92 Å². The summed E-state index contributed by atoms with van der Waals surface area (Å²) in [6.07, 6.45) is 14.8. The third-order valence-corrected chi connectivity index (χ3v) is 6.96. The number of allylic oxidation sites excluding steroid dienone is 4. The van der Waals surface area contributed by atoms with Gasteiger partial charge in [0.05, 0.1) is 20.1 Å². The van der Waals surface area contributed by atoms with Gasteiger partial charge >= 0.3 is 5.97 Å². The van der Waals surface area contributed by atoms with Gasteiger partial charge in [-0.15, -0.1) is 0 Å². The first kappa shape index (κ1) is 29.0. The number of hydrogen-bond acceptors (Lipinski definition) is 6. The Labute approximate surface area is 215 Å². The molecule has 0 radical (unpaired) electrons. The highest BCUT2D eigenvalue weighted by molar-refractivity contribution is 7.80. The summed E-state index contributed by atoms with van der Waals surface area (Å²) in [7, 11) is 1.35. The maximum Gasteiger partial charge on any atom is 0.328 e. The lowest BCUT2D eigenvalue weighted by atomic mass is 9.83. The molecule has 2 fully saturated rings. The van der Waals surface area contributed by atoms with Gasteiger partial charge in [-0.3, -0.25) is 9.59 Å². The Morgan fingerprint density at radius 3 is 2.49 bits per heavy atom. The van der Waals surface area contributed by atoms with Crippen molar-refractivity contribution in [2.45, 2.75) is 83.7 Å². The van der Waals surface area contributed by atoms with E-state index < -0.39 is 12.1 Å². The van der Waals surface area contributed by atoms with E-state index in [9.17, 15) is 14.4 Å². The zero-order valence-corrected chi connectivity index (χ0v) is 22.4. The van der Waals surface area contributed by atoms with E-state index in [2.05, 4.69) is 17.9 Å². The summed E-state index contributed by atoms with van der Waals surface area (Å²) in [6, 6.07) is -1.20. The first-order valence-corrected chi connectivity index (χ1v) is 13.5. The van der Waals surface area contributed by atoms with Gasteiger partial charge < -0.3 is 19.7 Å². The molecule has 1 aliphatic carbocycles. The summed E-state index contributed by atoms with van der Waals surface area (Å²) in [5.41, 5.74) is 0.799. The molecule has 2 rings (SSSR count). The molecule has 1 heterocycles. The van der Waals surface area contributed by atoms with Crippen LogP contribution >= 0.6 is 12.6 Å². The lowest BCUT2D eigenvalue weighted by Crippen LogP contribution is -2.55. The first-order valence-electron chi connectivity index (χ1n) is 12.9. The Bertz CT molecular complexity index is 801.